The summed E-state index contributed by atoms with van der Waals surface area (Å²) in [5.74, 6) is 0.630. The first-order chi connectivity index (χ1) is 5.59. The molecule has 0 aliphatic rings. The molecule has 12 heavy (non-hydrogen) atoms. The van der Waals surface area contributed by atoms with Crippen LogP contribution in [-0.4, -0.2) is 0 Å². The molecule has 0 unspecified atom stereocenters. The van der Waals surface area contributed by atoms with E-state index in [1.807, 2.05) is 0 Å². The van der Waals surface area contributed by atoms with Gasteiger partial charge in [0.1, 0.15) is 0 Å². The van der Waals surface area contributed by atoms with Crippen molar-refractivity contribution in [3.05, 3.63) is 41.3 Å². The monoisotopic (exact) mass is 161 g/mol. The SMILES string of the molecule is Cc1ccc(C)c([CH]C(C)C)c1. The molecule has 1 aromatic rings. The Morgan fingerprint density at radius 1 is 1.17 bits per heavy atom. The van der Waals surface area contributed by atoms with Gasteiger partial charge in [-0.3, -0.25) is 0 Å². The molecule has 0 heterocycles. The highest BCUT2D eigenvalue weighted by atomic mass is 14.1. The molecule has 0 bridgehead atoms. The van der Waals surface area contributed by atoms with Crippen molar-refractivity contribution in [1.29, 1.82) is 0 Å². The maximum atomic E-state index is 2.31. The molecule has 0 atom stereocenters. The van der Waals surface area contributed by atoms with Crippen LogP contribution in [0.3, 0.4) is 0 Å². The topological polar surface area (TPSA) is 0 Å². The number of aryl methyl sites for hydroxylation is 2. The minimum atomic E-state index is 0.630. The lowest BCUT2D eigenvalue weighted by molar-refractivity contribution is 0.774. The summed E-state index contributed by atoms with van der Waals surface area (Å²) in [4.78, 5) is 0. The average molecular weight is 161 g/mol. The molecule has 0 nitrogen and oxygen atoms in total. The Hall–Kier alpha value is -0.780. The fourth-order valence-electron chi connectivity index (χ4n) is 1.30. The molecule has 0 aliphatic heterocycles. The summed E-state index contributed by atoms with van der Waals surface area (Å²) in [6.45, 7) is 8.72. The van der Waals surface area contributed by atoms with Crippen molar-refractivity contribution in [2.45, 2.75) is 27.7 Å². The van der Waals surface area contributed by atoms with Gasteiger partial charge in [-0.25, -0.2) is 0 Å². The van der Waals surface area contributed by atoms with Crippen LogP contribution in [-0.2, 0) is 0 Å². The molecular weight excluding hydrogens is 144 g/mol. The number of benzene rings is 1. The fraction of sp³-hybridized carbons (Fsp3) is 0.417. The van der Waals surface area contributed by atoms with Crippen LogP contribution < -0.4 is 0 Å². The van der Waals surface area contributed by atoms with Crippen LogP contribution in [0.5, 0.6) is 0 Å². The highest BCUT2D eigenvalue weighted by Crippen LogP contribution is 2.16. The maximum absolute atomic E-state index is 2.31. The van der Waals surface area contributed by atoms with Crippen LogP contribution in [0, 0.1) is 26.2 Å². The quantitative estimate of drug-likeness (QED) is 0.622. The Bertz CT molecular complexity index is 259. The Kier molecular flexibility index (Phi) is 2.91. The van der Waals surface area contributed by atoms with Crippen molar-refractivity contribution in [3.63, 3.8) is 0 Å². The summed E-state index contributed by atoms with van der Waals surface area (Å²) in [5.41, 5.74) is 4.09. The van der Waals surface area contributed by atoms with Crippen molar-refractivity contribution < 1.29 is 0 Å². The van der Waals surface area contributed by atoms with E-state index in [1.54, 1.807) is 0 Å². The second kappa shape index (κ2) is 3.75. The van der Waals surface area contributed by atoms with Gasteiger partial charge in [0.05, 0.1) is 0 Å². The van der Waals surface area contributed by atoms with Crippen LogP contribution in [0.4, 0.5) is 0 Å². The first-order valence-corrected chi connectivity index (χ1v) is 4.51. The van der Waals surface area contributed by atoms with Gasteiger partial charge in [-0.2, -0.15) is 0 Å². The fourth-order valence-corrected chi connectivity index (χ4v) is 1.30. The van der Waals surface area contributed by atoms with Crippen molar-refractivity contribution in [1.82, 2.24) is 0 Å². The van der Waals surface area contributed by atoms with E-state index in [0.717, 1.165) is 0 Å². The highest BCUT2D eigenvalue weighted by Gasteiger charge is 2.01. The second-order valence-corrected chi connectivity index (χ2v) is 3.77. The van der Waals surface area contributed by atoms with Gasteiger partial charge >= 0.3 is 0 Å². The van der Waals surface area contributed by atoms with Crippen molar-refractivity contribution in [3.8, 4) is 0 Å². The number of hydrogen-bond acceptors (Lipinski definition) is 0. The predicted octanol–water partition coefficient (Wildman–Crippen LogP) is 3.51. The molecule has 0 saturated heterocycles. The Labute approximate surface area is 75.6 Å². The third-order valence-electron chi connectivity index (χ3n) is 1.95. The van der Waals surface area contributed by atoms with E-state index in [2.05, 4.69) is 52.3 Å². The molecule has 65 valence electrons. The van der Waals surface area contributed by atoms with Gasteiger partial charge in [0, 0.05) is 0 Å². The predicted molar refractivity (Wildman–Crippen MR) is 54.2 cm³/mol. The minimum absolute atomic E-state index is 0.630. The van der Waals surface area contributed by atoms with Crippen LogP contribution >= 0.6 is 0 Å². The molecular formula is C12H17. The lowest BCUT2D eigenvalue weighted by atomic mass is 9.97. The average Bonchev–Trinajstić information content (AvgIpc) is 1.96. The second-order valence-electron chi connectivity index (χ2n) is 3.77. The van der Waals surface area contributed by atoms with E-state index in [0.29, 0.717) is 5.92 Å². The minimum Gasteiger partial charge on any atom is -0.0622 e. The number of hydrogen-bond donors (Lipinski definition) is 0. The van der Waals surface area contributed by atoms with Gasteiger partial charge in [0.2, 0.25) is 0 Å². The first kappa shape index (κ1) is 9.31. The molecule has 1 radical (unpaired) electrons. The number of rotatable bonds is 2. The van der Waals surface area contributed by atoms with E-state index in [-0.39, 0.29) is 0 Å². The van der Waals surface area contributed by atoms with Gasteiger partial charge in [-0.1, -0.05) is 37.6 Å². The van der Waals surface area contributed by atoms with E-state index < -0.39 is 0 Å². The van der Waals surface area contributed by atoms with Gasteiger partial charge < -0.3 is 0 Å². The van der Waals surface area contributed by atoms with Crippen LogP contribution in [0.15, 0.2) is 18.2 Å². The summed E-state index contributed by atoms with van der Waals surface area (Å²) in [5, 5.41) is 0. The molecule has 1 aromatic carbocycles. The maximum Gasteiger partial charge on any atom is -0.00647 e. The largest absolute Gasteiger partial charge is 0.0622 e. The third kappa shape index (κ3) is 2.37. The third-order valence-corrected chi connectivity index (χ3v) is 1.95. The standard InChI is InChI=1S/C12H17/c1-9(2)7-12-8-10(3)5-6-11(12)4/h5-9H,1-4H3. The summed E-state index contributed by atoms with van der Waals surface area (Å²) in [6.07, 6.45) is 2.31. The summed E-state index contributed by atoms with van der Waals surface area (Å²) in [6, 6.07) is 6.59. The zero-order valence-electron chi connectivity index (χ0n) is 8.39. The van der Waals surface area contributed by atoms with Crippen LogP contribution in [0.2, 0.25) is 0 Å². The van der Waals surface area contributed by atoms with E-state index in [9.17, 15) is 0 Å². The molecule has 1 rings (SSSR count). The molecule has 0 fully saturated rings. The zero-order chi connectivity index (χ0) is 9.14. The normalized spacial score (nSPS) is 10.8. The van der Waals surface area contributed by atoms with Gasteiger partial charge in [0.25, 0.3) is 0 Å². The van der Waals surface area contributed by atoms with E-state index >= 15 is 0 Å². The molecule has 0 amide bonds. The van der Waals surface area contributed by atoms with Gasteiger partial charge in [-0.15, -0.1) is 0 Å². The molecule has 0 N–H and O–H groups in total. The molecule has 0 saturated carbocycles. The lowest BCUT2D eigenvalue weighted by Crippen LogP contribution is -1.94. The molecule has 0 spiro atoms. The van der Waals surface area contributed by atoms with Crippen molar-refractivity contribution >= 4 is 0 Å². The highest BCUT2D eigenvalue weighted by molar-refractivity contribution is 5.35. The molecule has 0 aliphatic carbocycles. The zero-order valence-corrected chi connectivity index (χ0v) is 8.39. The first-order valence-electron chi connectivity index (χ1n) is 4.51. The Balaban J connectivity index is 2.90. The van der Waals surface area contributed by atoms with E-state index in [1.165, 1.54) is 16.7 Å². The van der Waals surface area contributed by atoms with Gasteiger partial charge in [0.15, 0.2) is 0 Å². The Morgan fingerprint density at radius 2 is 1.83 bits per heavy atom. The lowest BCUT2D eigenvalue weighted by Gasteiger charge is -2.08. The Morgan fingerprint density at radius 3 is 2.42 bits per heavy atom. The van der Waals surface area contributed by atoms with Crippen molar-refractivity contribution in [2.75, 3.05) is 0 Å². The molecule has 0 aromatic heterocycles. The van der Waals surface area contributed by atoms with Crippen molar-refractivity contribution in [2.24, 2.45) is 5.92 Å². The van der Waals surface area contributed by atoms with Crippen LogP contribution in [0.1, 0.15) is 30.5 Å². The summed E-state index contributed by atoms with van der Waals surface area (Å²) < 4.78 is 0. The van der Waals surface area contributed by atoms with E-state index in [4.69, 9.17) is 0 Å². The summed E-state index contributed by atoms with van der Waals surface area (Å²) in [7, 11) is 0. The summed E-state index contributed by atoms with van der Waals surface area (Å²) >= 11 is 0. The smallest absolute Gasteiger partial charge is 0.00647 e. The van der Waals surface area contributed by atoms with Crippen LogP contribution in [0.25, 0.3) is 0 Å². The van der Waals surface area contributed by atoms with Gasteiger partial charge in [-0.05, 0) is 37.3 Å². The molecule has 0 heteroatoms.